The minimum absolute atomic E-state index is 0. The highest BCUT2D eigenvalue weighted by atomic mass is 35.5. The van der Waals surface area contributed by atoms with Crippen LogP contribution in [-0.2, 0) is 6.54 Å². The van der Waals surface area contributed by atoms with Gasteiger partial charge >= 0.3 is 0 Å². The third kappa shape index (κ3) is 2.47. The first-order valence-electron chi connectivity index (χ1n) is 6.25. The average molecular weight is 251 g/mol. The first-order valence-corrected chi connectivity index (χ1v) is 6.25. The summed E-state index contributed by atoms with van der Waals surface area (Å²) in [7, 11) is 0. The highest BCUT2D eigenvalue weighted by molar-refractivity contribution is 5.87. The van der Waals surface area contributed by atoms with Crippen molar-refractivity contribution in [2.45, 2.75) is 39.2 Å². The van der Waals surface area contributed by atoms with Gasteiger partial charge in [-0.2, -0.15) is 0 Å². The molecule has 0 aliphatic carbocycles. The van der Waals surface area contributed by atoms with Crippen molar-refractivity contribution < 1.29 is 0 Å². The molecule has 3 rings (SSSR count). The predicted octanol–water partition coefficient (Wildman–Crippen LogP) is 3.84. The van der Waals surface area contributed by atoms with Crippen molar-refractivity contribution in [2.24, 2.45) is 4.99 Å². The molecule has 0 atom stereocenters. The zero-order valence-electron chi connectivity index (χ0n) is 10.3. The summed E-state index contributed by atoms with van der Waals surface area (Å²) in [6, 6.07) is 6.61. The maximum Gasteiger partial charge on any atom is 0.105 e. The lowest BCUT2D eigenvalue weighted by atomic mass is 10.1. The lowest BCUT2D eigenvalue weighted by molar-refractivity contribution is 0.403. The van der Waals surface area contributed by atoms with Crippen molar-refractivity contribution in [1.29, 1.82) is 0 Å². The molecule has 92 valence electrons. The topological polar surface area (TPSA) is 15.6 Å². The summed E-state index contributed by atoms with van der Waals surface area (Å²) in [6.07, 6.45) is 5.13. The summed E-state index contributed by atoms with van der Waals surface area (Å²) >= 11 is 0. The van der Waals surface area contributed by atoms with Crippen molar-refractivity contribution in [3.05, 3.63) is 29.3 Å². The van der Waals surface area contributed by atoms with Gasteiger partial charge in [0.05, 0.1) is 5.69 Å². The molecule has 1 fully saturated rings. The summed E-state index contributed by atoms with van der Waals surface area (Å²) in [5, 5.41) is 0. The molecule has 0 radical (unpaired) electrons. The van der Waals surface area contributed by atoms with Gasteiger partial charge in [-0.3, -0.25) is 0 Å². The second-order valence-corrected chi connectivity index (χ2v) is 4.89. The highest BCUT2D eigenvalue weighted by Gasteiger charge is 2.20. The van der Waals surface area contributed by atoms with Crippen LogP contribution in [0, 0.1) is 6.92 Å². The number of benzene rings is 1. The highest BCUT2D eigenvalue weighted by Crippen LogP contribution is 2.29. The van der Waals surface area contributed by atoms with Crippen LogP contribution < -0.4 is 0 Å². The Balaban J connectivity index is 0.00000108. The molecule has 2 heterocycles. The Bertz CT molecular complexity index is 440. The number of aliphatic imine (C=N–C) groups is 1. The van der Waals surface area contributed by atoms with Crippen LogP contribution in [0.5, 0.6) is 0 Å². The van der Waals surface area contributed by atoms with E-state index in [1.807, 2.05) is 0 Å². The first kappa shape index (κ1) is 12.4. The summed E-state index contributed by atoms with van der Waals surface area (Å²) in [5.74, 6) is 1.31. The number of halogens is 1. The predicted molar refractivity (Wildman–Crippen MR) is 74.4 cm³/mol. The number of aryl methyl sites for hydroxylation is 1. The Morgan fingerprint density at radius 2 is 2.06 bits per heavy atom. The number of nitrogens with zero attached hydrogens (tertiary/aromatic N) is 2. The van der Waals surface area contributed by atoms with E-state index in [1.165, 1.54) is 48.5 Å². The van der Waals surface area contributed by atoms with Gasteiger partial charge in [-0.1, -0.05) is 24.1 Å². The minimum Gasteiger partial charge on any atom is -0.356 e. The Hall–Kier alpha value is -1.02. The summed E-state index contributed by atoms with van der Waals surface area (Å²) < 4.78 is 0. The quantitative estimate of drug-likeness (QED) is 0.683. The van der Waals surface area contributed by atoms with E-state index in [0.717, 1.165) is 13.0 Å². The number of fused-ring (bicyclic) bond motifs is 2. The van der Waals surface area contributed by atoms with E-state index in [1.54, 1.807) is 0 Å². The van der Waals surface area contributed by atoms with Crippen LogP contribution in [0.15, 0.2) is 23.2 Å². The Morgan fingerprint density at radius 3 is 2.94 bits per heavy atom. The van der Waals surface area contributed by atoms with Crippen molar-refractivity contribution in [3.8, 4) is 0 Å². The van der Waals surface area contributed by atoms with Gasteiger partial charge in [-0.05, 0) is 31.4 Å². The van der Waals surface area contributed by atoms with Crippen LogP contribution >= 0.6 is 12.4 Å². The summed E-state index contributed by atoms with van der Waals surface area (Å²) in [4.78, 5) is 7.28. The van der Waals surface area contributed by atoms with Crippen LogP contribution in [0.25, 0.3) is 0 Å². The molecule has 1 saturated heterocycles. The molecule has 0 spiro atoms. The minimum atomic E-state index is 0. The van der Waals surface area contributed by atoms with E-state index < -0.39 is 0 Å². The molecule has 2 aliphatic rings. The fourth-order valence-corrected chi connectivity index (χ4v) is 2.64. The Kier molecular flexibility index (Phi) is 3.72. The van der Waals surface area contributed by atoms with E-state index >= 15 is 0 Å². The second kappa shape index (κ2) is 5.09. The van der Waals surface area contributed by atoms with E-state index in [-0.39, 0.29) is 12.4 Å². The molecular formula is C14H19ClN2. The summed E-state index contributed by atoms with van der Waals surface area (Å²) in [6.45, 7) is 4.41. The molecule has 0 amide bonds. The van der Waals surface area contributed by atoms with Gasteiger partial charge in [0.2, 0.25) is 0 Å². The number of amidine groups is 1. The average Bonchev–Trinajstić information content (AvgIpc) is 2.50. The molecule has 0 N–H and O–H groups in total. The maximum atomic E-state index is 4.81. The number of hydrogen-bond acceptors (Lipinski definition) is 2. The van der Waals surface area contributed by atoms with Gasteiger partial charge in [-0.25, -0.2) is 4.99 Å². The Morgan fingerprint density at radius 1 is 1.18 bits per heavy atom. The molecule has 1 aromatic rings. The molecule has 2 aliphatic heterocycles. The molecule has 3 heteroatoms. The third-order valence-corrected chi connectivity index (χ3v) is 3.54. The van der Waals surface area contributed by atoms with Gasteiger partial charge in [0.1, 0.15) is 5.84 Å². The lowest BCUT2D eigenvalue weighted by Crippen LogP contribution is -2.32. The molecule has 2 nitrogen and oxygen atoms in total. The van der Waals surface area contributed by atoms with Crippen molar-refractivity contribution in [2.75, 3.05) is 6.54 Å². The van der Waals surface area contributed by atoms with Crippen LogP contribution in [-0.4, -0.2) is 17.3 Å². The van der Waals surface area contributed by atoms with Crippen molar-refractivity contribution in [1.82, 2.24) is 4.90 Å². The smallest absolute Gasteiger partial charge is 0.105 e. The SMILES string of the molecule is Cc1ccc2c(c1)CN1CCCCCC1=N2.Cl. The van der Waals surface area contributed by atoms with Crippen LogP contribution in [0.2, 0.25) is 0 Å². The molecule has 17 heavy (non-hydrogen) atoms. The third-order valence-electron chi connectivity index (χ3n) is 3.54. The van der Waals surface area contributed by atoms with Gasteiger partial charge in [0.15, 0.2) is 0 Å². The Labute approximate surface area is 109 Å². The largest absolute Gasteiger partial charge is 0.356 e. The second-order valence-electron chi connectivity index (χ2n) is 4.89. The molecule has 1 aromatic carbocycles. The van der Waals surface area contributed by atoms with E-state index in [9.17, 15) is 0 Å². The fourth-order valence-electron chi connectivity index (χ4n) is 2.64. The molecular weight excluding hydrogens is 232 g/mol. The zero-order valence-corrected chi connectivity index (χ0v) is 11.1. The fraction of sp³-hybridized carbons (Fsp3) is 0.500. The molecule has 0 aromatic heterocycles. The lowest BCUT2D eigenvalue weighted by Gasteiger charge is -2.29. The van der Waals surface area contributed by atoms with Gasteiger partial charge < -0.3 is 4.90 Å². The van der Waals surface area contributed by atoms with Crippen LogP contribution in [0.4, 0.5) is 5.69 Å². The van der Waals surface area contributed by atoms with Crippen molar-refractivity contribution in [3.63, 3.8) is 0 Å². The van der Waals surface area contributed by atoms with Crippen molar-refractivity contribution >= 4 is 23.9 Å². The van der Waals surface area contributed by atoms with Gasteiger partial charge in [0, 0.05) is 19.5 Å². The molecule has 0 unspecified atom stereocenters. The van der Waals surface area contributed by atoms with Crippen LogP contribution in [0.3, 0.4) is 0 Å². The normalized spacial score (nSPS) is 18.4. The van der Waals surface area contributed by atoms with Gasteiger partial charge in [0.25, 0.3) is 0 Å². The standard InChI is InChI=1S/C14H18N2.ClH/c1-11-6-7-13-12(9-11)10-16-8-4-2-3-5-14(16)15-13;/h6-7,9H,2-5,8,10H2,1H3;1H. The van der Waals surface area contributed by atoms with E-state index in [2.05, 4.69) is 30.0 Å². The molecule has 0 bridgehead atoms. The van der Waals surface area contributed by atoms with Crippen LogP contribution in [0.1, 0.15) is 36.8 Å². The van der Waals surface area contributed by atoms with E-state index in [0.29, 0.717) is 0 Å². The zero-order chi connectivity index (χ0) is 11.0. The number of rotatable bonds is 0. The molecule has 0 saturated carbocycles. The first-order chi connectivity index (χ1) is 7.83. The number of hydrogen-bond donors (Lipinski definition) is 0. The monoisotopic (exact) mass is 250 g/mol. The van der Waals surface area contributed by atoms with Gasteiger partial charge in [-0.15, -0.1) is 12.4 Å². The summed E-state index contributed by atoms with van der Waals surface area (Å²) in [5.41, 5.74) is 3.93. The maximum absolute atomic E-state index is 4.81. The van der Waals surface area contributed by atoms with E-state index in [4.69, 9.17) is 4.99 Å².